The number of urea groups is 1. The largest absolute Gasteiger partial charge is 0.478 e. The molecule has 1 unspecified atom stereocenters. The Labute approximate surface area is 117 Å². The van der Waals surface area contributed by atoms with E-state index in [0.717, 1.165) is 12.0 Å². The Kier molecular flexibility index (Phi) is 4.24. The highest BCUT2D eigenvalue weighted by atomic mass is 16.5. The van der Waals surface area contributed by atoms with Crippen LogP contribution in [-0.2, 0) is 4.74 Å². The number of amides is 2. The van der Waals surface area contributed by atoms with Gasteiger partial charge in [-0.05, 0) is 31.0 Å². The molecule has 1 heterocycles. The first-order valence-electron chi connectivity index (χ1n) is 6.44. The number of benzene rings is 1. The zero-order chi connectivity index (χ0) is 14.7. The second-order valence-electron chi connectivity index (χ2n) is 4.86. The number of carboxylic acids is 1. The van der Waals surface area contributed by atoms with Gasteiger partial charge in [-0.1, -0.05) is 6.07 Å². The molecule has 0 radical (unpaired) electrons. The highest BCUT2D eigenvalue weighted by molar-refractivity contribution is 5.94. The highest BCUT2D eigenvalue weighted by Gasteiger charge is 2.26. The maximum Gasteiger partial charge on any atom is 0.335 e. The van der Waals surface area contributed by atoms with Crippen LogP contribution in [0.1, 0.15) is 22.3 Å². The van der Waals surface area contributed by atoms with Gasteiger partial charge in [0.05, 0.1) is 11.7 Å². The number of rotatable bonds is 3. The first kappa shape index (κ1) is 14.3. The zero-order valence-electron chi connectivity index (χ0n) is 11.5. The Bertz CT molecular complexity index is 530. The molecule has 6 heteroatoms. The Balaban J connectivity index is 2.08. The van der Waals surface area contributed by atoms with Crippen molar-refractivity contribution in [2.45, 2.75) is 19.4 Å². The third kappa shape index (κ3) is 3.08. The van der Waals surface area contributed by atoms with Crippen molar-refractivity contribution in [3.8, 4) is 0 Å². The molecule has 20 heavy (non-hydrogen) atoms. The minimum atomic E-state index is -1.01. The Hall–Kier alpha value is -2.08. The number of carbonyl (C=O) groups excluding carboxylic acids is 1. The van der Waals surface area contributed by atoms with E-state index in [1.807, 2.05) is 6.92 Å². The van der Waals surface area contributed by atoms with Gasteiger partial charge in [-0.3, -0.25) is 0 Å². The Morgan fingerprint density at radius 3 is 2.80 bits per heavy atom. The predicted octanol–water partition coefficient (Wildman–Crippen LogP) is 1.95. The lowest BCUT2D eigenvalue weighted by molar-refractivity contribution is 0.0697. The number of carboxylic acid groups (broad SMARTS) is 1. The first-order chi connectivity index (χ1) is 9.51. The first-order valence-corrected chi connectivity index (χ1v) is 6.44. The molecule has 108 valence electrons. The fourth-order valence-corrected chi connectivity index (χ4v) is 2.19. The van der Waals surface area contributed by atoms with E-state index in [1.165, 1.54) is 12.1 Å². The van der Waals surface area contributed by atoms with E-state index in [2.05, 4.69) is 5.32 Å². The maximum absolute atomic E-state index is 12.1. The number of likely N-dealkylation sites (tertiary alicyclic amines) is 1. The van der Waals surface area contributed by atoms with Crippen molar-refractivity contribution < 1.29 is 19.4 Å². The number of hydrogen-bond acceptors (Lipinski definition) is 3. The van der Waals surface area contributed by atoms with Crippen LogP contribution in [0.3, 0.4) is 0 Å². The molecular formula is C14H18N2O4. The molecule has 0 saturated carbocycles. The van der Waals surface area contributed by atoms with Crippen molar-refractivity contribution in [1.29, 1.82) is 0 Å². The summed E-state index contributed by atoms with van der Waals surface area (Å²) in [5, 5.41) is 11.7. The number of aromatic carboxylic acids is 1. The minimum absolute atomic E-state index is 0.0761. The summed E-state index contributed by atoms with van der Waals surface area (Å²) in [5.41, 5.74) is 1.50. The third-order valence-electron chi connectivity index (χ3n) is 3.49. The molecule has 0 bridgehead atoms. The van der Waals surface area contributed by atoms with Crippen molar-refractivity contribution in [2.24, 2.45) is 0 Å². The smallest absolute Gasteiger partial charge is 0.335 e. The SMILES string of the molecule is COC1CCN(C(=O)Nc2cc(C(=O)O)ccc2C)C1. The standard InChI is InChI=1S/C14H18N2O4/c1-9-3-4-10(13(17)18)7-12(9)15-14(19)16-6-5-11(8-16)20-2/h3-4,7,11H,5-6,8H2,1-2H3,(H,15,19)(H,17,18). The minimum Gasteiger partial charge on any atom is -0.478 e. The average Bonchev–Trinajstić information content (AvgIpc) is 2.89. The summed E-state index contributed by atoms with van der Waals surface area (Å²) in [6.07, 6.45) is 0.894. The Morgan fingerprint density at radius 2 is 2.20 bits per heavy atom. The molecule has 1 saturated heterocycles. The number of nitrogens with one attached hydrogen (secondary N) is 1. The number of nitrogens with zero attached hydrogens (tertiary/aromatic N) is 1. The molecule has 2 rings (SSSR count). The van der Waals surface area contributed by atoms with E-state index in [4.69, 9.17) is 9.84 Å². The summed E-state index contributed by atoms with van der Waals surface area (Å²) in [6, 6.07) is 4.44. The average molecular weight is 278 g/mol. The van der Waals surface area contributed by atoms with Crippen LogP contribution < -0.4 is 5.32 Å². The molecule has 0 spiro atoms. The molecule has 0 aliphatic carbocycles. The van der Waals surface area contributed by atoms with E-state index < -0.39 is 5.97 Å². The number of aryl methyl sites for hydroxylation is 1. The lowest BCUT2D eigenvalue weighted by atomic mass is 10.1. The van der Waals surface area contributed by atoms with Gasteiger partial charge in [0.15, 0.2) is 0 Å². The number of ether oxygens (including phenoxy) is 1. The molecule has 2 N–H and O–H groups in total. The van der Waals surface area contributed by atoms with Crippen LogP contribution in [0.2, 0.25) is 0 Å². The lowest BCUT2D eigenvalue weighted by Gasteiger charge is -2.18. The molecular weight excluding hydrogens is 260 g/mol. The molecule has 0 aromatic heterocycles. The summed E-state index contributed by atoms with van der Waals surface area (Å²) < 4.78 is 5.22. The molecule has 1 atom stereocenters. The summed E-state index contributed by atoms with van der Waals surface area (Å²) in [5.74, 6) is -1.01. The lowest BCUT2D eigenvalue weighted by Crippen LogP contribution is -2.34. The van der Waals surface area contributed by atoms with E-state index in [1.54, 1.807) is 18.1 Å². The van der Waals surface area contributed by atoms with Gasteiger partial charge in [0, 0.05) is 25.9 Å². The zero-order valence-corrected chi connectivity index (χ0v) is 11.5. The van der Waals surface area contributed by atoms with Gasteiger partial charge in [0.1, 0.15) is 0 Å². The quantitative estimate of drug-likeness (QED) is 0.885. The maximum atomic E-state index is 12.1. The van der Waals surface area contributed by atoms with Gasteiger partial charge in [-0.25, -0.2) is 9.59 Å². The summed E-state index contributed by atoms with van der Waals surface area (Å²) in [6.45, 7) is 3.02. The van der Waals surface area contributed by atoms with E-state index in [-0.39, 0.29) is 17.7 Å². The topological polar surface area (TPSA) is 78.9 Å². The van der Waals surface area contributed by atoms with Crippen LogP contribution >= 0.6 is 0 Å². The predicted molar refractivity (Wildman–Crippen MR) is 74.1 cm³/mol. The van der Waals surface area contributed by atoms with Crippen molar-refractivity contribution in [3.05, 3.63) is 29.3 Å². The second-order valence-corrected chi connectivity index (χ2v) is 4.86. The molecule has 1 aliphatic rings. The third-order valence-corrected chi connectivity index (χ3v) is 3.49. The fourth-order valence-electron chi connectivity index (χ4n) is 2.19. The summed E-state index contributed by atoms with van der Waals surface area (Å²) >= 11 is 0. The van der Waals surface area contributed by atoms with E-state index in [9.17, 15) is 9.59 Å². The van der Waals surface area contributed by atoms with Gasteiger partial charge in [0.2, 0.25) is 0 Å². The van der Waals surface area contributed by atoms with Gasteiger partial charge in [-0.2, -0.15) is 0 Å². The van der Waals surface area contributed by atoms with Gasteiger partial charge in [0.25, 0.3) is 0 Å². The Morgan fingerprint density at radius 1 is 1.45 bits per heavy atom. The van der Waals surface area contributed by atoms with Crippen molar-refractivity contribution in [3.63, 3.8) is 0 Å². The molecule has 1 aromatic rings. The fraction of sp³-hybridized carbons (Fsp3) is 0.429. The monoisotopic (exact) mass is 278 g/mol. The van der Waals surface area contributed by atoms with E-state index >= 15 is 0 Å². The van der Waals surface area contributed by atoms with E-state index in [0.29, 0.717) is 18.8 Å². The van der Waals surface area contributed by atoms with Crippen LogP contribution in [0.4, 0.5) is 10.5 Å². The molecule has 1 aliphatic heterocycles. The molecule has 2 amide bonds. The van der Waals surface area contributed by atoms with Crippen molar-refractivity contribution in [2.75, 3.05) is 25.5 Å². The van der Waals surface area contributed by atoms with Crippen LogP contribution in [0.5, 0.6) is 0 Å². The van der Waals surface area contributed by atoms with Crippen LogP contribution in [-0.4, -0.2) is 48.3 Å². The number of carbonyl (C=O) groups is 2. The van der Waals surface area contributed by atoms with Crippen molar-refractivity contribution in [1.82, 2.24) is 4.90 Å². The molecule has 1 aromatic carbocycles. The van der Waals surface area contributed by atoms with Crippen LogP contribution in [0.15, 0.2) is 18.2 Å². The van der Waals surface area contributed by atoms with Crippen LogP contribution in [0.25, 0.3) is 0 Å². The van der Waals surface area contributed by atoms with Crippen LogP contribution in [0, 0.1) is 6.92 Å². The van der Waals surface area contributed by atoms with Crippen molar-refractivity contribution >= 4 is 17.7 Å². The van der Waals surface area contributed by atoms with Gasteiger partial charge < -0.3 is 20.1 Å². The highest BCUT2D eigenvalue weighted by Crippen LogP contribution is 2.19. The molecule has 1 fully saturated rings. The molecule has 6 nitrogen and oxygen atoms in total. The number of anilines is 1. The summed E-state index contributed by atoms with van der Waals surface area (Å²) in [4.78, 5) is 24.7. The number of methoxy groups -OCH3 is 1. The number of hydrogen-bond donors (Lipinski definition) is 2. The normalized spacial score (nSPS) is 18.1. The second kappa shape index (κ2) is 5.92. The van der Waals surface area contributed by atoms with Gasteiger partial charge >= 0.3 is 12.0 Å². The summed E-state index contributed by atoms with van der Waals surface area (Å²) in [7, 11) is 1.63. The van der Waals surface area contributed by atoms with Gasteiger partial charge in [-0.15, -0.1) is 0 Å².